The molecule has 232 valence electrons. The highest BCUT2D eigenvalue weighted by Gasteiger charge is 2.35. The third-order valence-electron chi connectivity index (χ3n) is 10.7. The van der Waals surface area contributed by atoms with Crippen LogP contribution >= 0.6 is 0 Å². The monoisotopic (exact) mass is 626 g/mol. The van der Waals surface area contributed by atoms with Crippen molar-refractivity contribution in [2.45, 2.75) is 19.3 Å². The Morgan fingerprint density at radius 3 is 1.69 bits per heavy atom. The van der Waals surface area contributed by atoms with Gasteiger partial charge in [0.25, 0.3) is 0 Å². The number of nitrogens with zero attached hydrogens (tertiary/aromatic N) is 2. The molecule has 0 atom stereocenters. The summed E-state index contributed by atoms with van der Waals surface area (Å²) in [6.07, 6.45) is 0. The van der Waals surface area contributed by atoms with Crippen LogP contribution in [-0.4, -0.2) is 4.57 Å². The molecule has 0 radical (unpaired) electrons. The molecule has 0 fully saturated rings. The van der Waals surface area contributed by atoms with Gasteiger partial charge in [-0.3, -0.25) is 0 Å². The Morgan fingerprint density at radius 2 is 1.00 bits per heavy atom. The second-order valence-electron chi connectivity index (χ2n) is 13.9. The Morgan fingerprint density at radius 1 is 0.429 bits per heavy atom. The molecule has 10 rings (SSSR count). The number of anilines is 3. The standard InChI is InChI=1S/C47H34N2/c1-47(2)42-18-10-11-19-45(42)49-44-25-24-39(30-40(44)41-28-36(29-43(47)46(41)49)31-12-4-3-5-13-31)48(37-22-20-32-14-6-8-16-34(32)26-37)38-23-21-33-15-7-9-17-35(33)27-38/h3-30H,1-2H3. The quantitative estimate of drug-likeness (QED) is 0.189. The van der Waals surface area contributed by atoms with Crippen molar-refractivity contribution in [3.8, 4) is 16.8 Å². The van der Waals surface area contributed by atoms with Gasteiger partial charge in [0.15, 0.2) is 0 Å². The van der Waals surface area contributed by atoms with Crippen molar-refractivity contribution in [3.05, 3.63) is 181 Å². The SMILES string of the molecule is CC1(C)c2ccccc2-n2c3ccc(N(c4ccc5ccccc5c4)c4ccc5ccccc5c4)cc3c3cc(-c4ccccc4)cc1c32. The van der Waals surface area contributed by atoms with E-state index in [1.807, 2.05) is 0 Å². The maximum absolute atomic E-state index is 2.51. The first-order valence-electron chi connectivity index (χ1n) is 17.1. The summed E-state index contributed by atoms with van der Waals surface area (Å²) in [6.45, 7) is 4.76. The van der Waals surface area contributed by atoms with Crippen LogP contribution in [-0.2, 0) is 5.41 Å². The Labute approximate surface area is 286 Å². The van der Waals surface area contributed by atoms with Gasteiger partial charge in [0.2, 0.25) is 0 Å². The minimum Gasteiger partial charge on any atom is -0.310 e. The molecule has 49 heavy (non-hydrogen) atoms. The van der Waals surface area contributed by atoms with Crippen LogP contribution in [0.2, 0.25) is 0 Å². The molecule has 0 saturated carbocycles. The zero-order chi connectivity index (χ0) is 32.7. The van der Waals surface area contributed by atoms with Gasteiger partial charge in [-0.15, -0.1) is 0 Å². The van der Waals surface area contributed by atoms with Gasteiger partial charge in [-0.2, -0.15) is 0 Å². The summed E-state index contributed by atoms with van der Waals surface area (Å²) < 4.78 is 2.51. The largest absolute Gasteiger partial charge is 0.310 e. The molecule has 1 aromatic heterocycles. The van der Waals surface area contributed by atoms with Gasteiger partial charge < -0.3 is 9.47 Å². The molecule has 1 aliphatic rings. The zero-order valence-corrected chi connectivity index (χ0v) is 27.6. The number of aromatic nitrogens is 1. The van der Waals surface area contributed by atoms with Gasteiger partial charge in [0, 0.05) is 33.2 Å². The molecule has 0 bridgehead atoms. The van der Waals surface area contributed by atoms with Gasteiger partial charge in [-0.1, -0.05) is 123 Å². The van der Waals surface area contributed by atoms with E-state index in [1.165, 1.54) is 71.3 Å². The molecular formula is C47H34N2. The number of hydrogen-bond acceptors (Lipinski definition) is 1. The molecule has 8 aromatic carbocycles. The topological polar surface area (TPSA) is 8.17 Å². The fraction of sp³-hybridized carbons (Fsp3) is 0.0638. The van der Waals surface area contributed by atoms with Crippen molar-refractivity contribution in [1.29, 1.82) is 0 Å². The van der Waals surface area contributed by atoms with E-state index in [0.29, 0.717) is 0 Å². The number of rotatable bonds is 4. The maximum atomic E-state index is 2.51. The summed E-state index contributed by atoms with van der Waals surface area (Å²) in [4.78, 5) is 2.42. The van der Waals surface area contributed by atoms with E-state index in [9.17, 15) is 0 Å². The third-order valence-corrected chi connectivity index (χ3v) is 10.7. The molecule has 0 spiro atoms. The molecule has 0 saturated heterocycles. The normalized spacial score (nSPS) is 13.3. The highest BCUT2D eigenvalue weighted by Crippen LogP contribution is 2.50. The second kappa shape index (κ2) is 10.4. The van der Waals surface area contributed by atoms with Gasteiger partial charge >= 0.3 is 0 Å². The van der Waals surface area contributed by atoms with E-state index in [4.69, 9.17) is 0 Å². The van der Waals surface area contributed by atoms with E-state index in [0.717, 1.165) is 17.1 Å². The predicted octanol–water partition coefficient (Wildman–Crippen LogP) is 12.9. The van der Waals surface area contributed by atoms with Crippen molar-refractivity contribution >= 4 is 60.4 Å². The van der Waals surface area contributed by atoms with Crippen LogP contribution in [0.1, 0.15) is 25.0 Å². The molecule has 9 aromatic rings. The van der Waals surface area contributed by atoms with Crippen LogP contribution in [0, 0.1) is 0 Å². The van der Waals surface area contributed by atoms with Gasteiger partial charge in [-0.25, -0.2) is 0 Å². The molecule has 1 aliphatic heterocycles. The number of para-hydroxylation sites is 1. The fourth-order valence-corrected chi connectivity index (χ4v) is 8.22. The Balaban J connectivity index is 1.28. The van der Waals surface area contributed by atoms with Crippen LogP contribution in [0.4, 0.5) is 17.1 Å². The van der Waals surface area contributed by atoms with Crippen LogP contribution < -0.4 is 4.90 Å². The lowest BCUT2D eigenvalue weighted by atomic mass is 9.74. The van der Waals surface area contributed by atoms with Gasteiger partial charge in [0.05, 0.1) is 16.7 Å². The van der Waals surface area contributed by atoms with Crippen molar-refractivity contribution in [2.24, 2.45) is 0 Å². The number of hydrogen-bond donors (Lipinski definition) is 0. The van der Waals surface area contributed by atoms with E-state index in [2.05, 4.69) is 193 Å². The molecular weight excluding hydrogens is 593 g/mol. The van der Waals surface area contributed by atoms with Crippen LogP contribution in [0.15, 0.2) is 170 Å². The van der Waals surface area contributed by atoms with E-state index in [1.54, 1.807) is 0 Å². The molecule has 2 heterocycles. The molecule has 2 nitrogen and oxygen atoms in total. The maximum Gasteiger partial charge on any atom is 0.0582 e. The lowest BCUT2D eigenvalue weighted by molar-refractivity contribution is 0.630. The molecule has 0 aliphatic carbocycles. The van der Waals surface area contributed by atoms with Gasteiger partial charge in [0.1, 0.15) is 0 Å². The number of benzene rings is 8. The Kier molecular flexibility index (Phi) is 5.95. The zero-order valence-electron chi connectivity index (χ0n) is 27.6. The summed E-state index contributed by atoms with van der Waals surface area (Å²) in [5.74, 6) is 0. The first-order chi connectivity index (χ1) is 24.0. The smallest absolute Gasteiger partial charge is 0.0582 e. The predicted molar refractivity (Wildman–Crippen MR) is 208 cm³/mol. The van der Waals surface area contributed by atoms with E-state index in [-0.39, 0.29) is 5.41 Å². The molecule has 0 N–H and O–H groups in total. The van der Waals surface area contributed by atoms with Crippen LogP contribution in [0.3, 0.4) is 0 Å². The van der Waals surface area contributed by atoms with E-state index >= 15 is 0 Å². The lowest BCUT2D eigenvalue weighted by Crippen LogP contribution is -2.26. The lowest BCUT2D eigenvalue weighted by Gasteiger charge is -2.35. The summed E-state index contributed by atoms with van der Waals surface area (Å²) in [6, 6.07) is 62.5. The molecule has 0 unspecified atom stereocenters. The second-order valence-corrected chi connectivity index (χ2v) is 13.9. The summed E-state index contributed by atoms with van der Waals surface area (Å²) >= 11 is 0. The molecule has 2 heteroatoms. The van der Waals surface area contributed by atoms with Gasteiger partial charge in [-0.05, 0) is 104 Å². The minimum atomic E-state index is -0.158. The Bertz CT molecular complexity index is 2670. The summed E-state index contributed by atoms with van der Waals surface area (Å²) in [5.41, 5.74) is 12.3. The summed E-state index contributed by atoms with van der Waals surface area (Å²) in [7, 11) is 0. The van der Waals surface area contributed by atoms with Crippen molar-refractivity contribution in [1.82, 2.24) is 4.57 Å². The average molecular weight is 627 g/mol. The highest BCUT2D eigenvalue weighted by molar-refractivity contribution is 6.14. The molecule has 0 amide bonds. The average Bonchev–Trinajstić information content (AvgIpc) is 3.48. The van der Waals surface area contributed by atoms with Crippen molar-refractivity contribution in [2.75, 3.05) is 4.90 Å². The fourth-order valence-electron chi connectivity index (χ4n) is 8.22. The van der Waals surface area contributed by atoms with Crippen LogP contribution in [0.5, 0.6) is 0 Å². The summed E-state index contributed by atoms with van der Waals surface area (Å²) in [5, 5.41) is 7.47. The number of fused-ring (bicyclic) bond motifs is 7. The third kappa shape index (κ3) is 4.20. The minimum absolute atomic E-state index is 0.158. The first-order valence-corrected chi connectivity index (χ1v) is 17.1. The van der Waals surface area contributed by atoms with Crippen molar-refractivity contribution in [3.63, 3.8) is 0 Å². The van der Waals surface area contributed by atoms with Crippen LogP contribution in [0.25, 0.3) is 60.2 Å². The van der Waals surface area contributed by atoms with E-state index < -0.39 is 0 Å². The van der Waals surface area contributed by atoms with Crippen molar-refractivity contribution < 1.29 is 0 Å². The Hall–Kier alpha value is -6.12. The highest BCUT2D eigenvalue weighted by atomic mass is 15.1. The first kappa shape index (κ1) is 27.9.